The molecule has 1 aliphatic rings. The Kier molecular flexibility index (Phi) is 3.69. The summed E-state index contributed by atoms with van der Waals surface area (Å²) in [5, 5.41) is 0. The quantitative estimate of drug-likeness (QED) is 0.555. The summed E-state index contributed by atoms with van der Waals surface area (Å²) in [6, 6.07) is 0.668. The zero-order valence-electron chi connectivity index (χ0n) is 8.32. The van der Waals surface area contributed by atoms with Crippen molar-refractivity contribution >= 4 is 6.21 Å². The fourth-order valence-electron chi connectivity index (χ4n) is 1.64. The van der Waals surface area contributed by atoms with Crippen molar-refractivity contribution in [2.24, 2.45) is 4.99 Å². The van der Waals surface area contributed by atoms with Gasteiger partial charge in [0.2, 0.25) is 0 Å². The molecule has 1 rings (SSSR count). The van der Waals surface area contributed by atoms with E-state index in [0.29, 0.717) is 6.04 Å². The first-order valence-corrected chi connectivity index (χ1v) is 4.57. The molecule has 0 saturated carbocycles. The average Bonchev–Trinajstić information content (AvgIpc) is 2.03. The predicted octanol–water partition coefficient (Wildman–Crippen LogP) is 0.323. The minimum absolute atomic E-state index is 0.668. The minimum Gasteiger partial charge on any atom is -0.304 e. The number of nitrogens with zero attached hydrogens (tertiary/aromatic N) is 3. The van der Waals surface area contributed by atoms with E-state index in [9.17, 15) is 0 Å². The number of rotatable bonds is 2. The lowest BCUT2D eigenvalue weighted by molar-refractivity contribution is 0.116. The molecule has 1 unspecified atom stereocenters. The van der Waals surface area contributed by atoms with E-state index in [2.05, 4.69) is 28.8 Å². The Morgan fingerprint density at radius 2 is 2.25 bits per heavy atom. The Morgan fingerprint density at radius 3 is 2.83 bits per heavy atom. The molecule has 0 spiro atoms. The summed E-state index contributed by atoms with van der Waals surface area (Å²) in [5.41, 5.74) is 0. The van der Waals surface area contributed by atoms with E-state index in [4.69, 9.17) is 0 Å². The van der Waals surface area contributed by atoms with Crippen molar-refractivity contribution < 1.29 is 0 Å². The van der Waals surface area contributed by atoms with E-state index >= 15 is 0 Å². The highest BCUT2D eigenvalue weighted by Crippen LogP contribution is 2.05. The molecule has 1 atom stereocenters. The fourth-order valence-corrected chi connectivity index (χ4v) is 1.64. The van der Waals surface area contributed by atoms with Crippen LogP contribution in [-0.4, -0.2) is 62.3 Å². The molecule has 0 bridgehead atoms. The molecular weight excluding hydrogens is 150 g/mol. The molecular formula is C9H19N3. The van der Waals surface area contributed by atoms with Gasteiger partial charge in [-0.2, -0.15) is 0 Å². The van der Waals surface area contributed by atoms with E-state index in [0.717, 1.165) is 6.54 Å². The first-order chi connectivity index (χ1) is 5.74. The monoisotopic (exact) mass is 169 g/mol. The molecule has 0 aromatic carbocycles. The molecule has 1 fully saturated rings. The summed E-state index contributed by atoms with van der Waals surface area (Å²) < 4.78 is 0. The number of likely N-dealkylation sites (N-methyl/N-ethyl adjacent to an activating group) is 1. The van der Waals surface area contributed by atoms with Gasteiger partial charge in [0.15, 0.2) is 0 Å². The molecule has 12 heavy (non-hydrogen) atoms. The smallest absolute Gasteiger partial charge is 0.0336 e. The molecule has 0 aliphatic carbocycles. The topological polar surface area (TPSA) is 18.8 Å². The van der Waals surface area contributed by atoms with E-state index < -0.39 is 0 Å². The van der Waals surface area contributed by atoms with Gasteiger partial charge in [0.05, 0.1) is 0 Å². The van der Waals surface area contributed by atoms with Gasteiger partial charge in [-0.25, -0.2) is 0 Å². The van der Waals surface area contributed by atoms with E-state index in [-0.39, 0.29) is 0 Å². The third kappa shape index (κ3) is 2.57. The van der Waals surface area contributed by atoms with Crippen molar-refractivity contribution in [2.45, 2.75) is 13.0 Å². The molecule has 0 aromatic heterocycles. The highest BCUT2D eigenvalue weighted by Gasteiger charge is 2.19. The Balaban J connectivity index is 2.34. The molecule has 0 radical (unpaired) electrons. The Morgan fingerprint density at radius 1 is 1.50 bits per heavy atom. The number of hydrogen-bond acceptors (Lipinski definition) is 3. The summed E-state index contributed by atoms with van der Waals surface area (Å²) in [7, 11) is 4.02. The lowest BCUT2D eigenvalue weighted by Gasteiger charge is -2.37. The van der Waals surface area contributed by atoms with Crippen molar-refractivity contribution in [1.29, 1.82) is 0 Å². The van der Waals surface area contributed by atoms with Gasteiger partial charge in [-0.1, -0.05) is 0 Å². The molecule has 1 saturated heterocycles. The van der Waals surface area contributed by atoms with Crippen molar-refractivity contribution in [3.63, 3.8) is 0 Å². The van der Waals surface area contributed by atoms with Crippen LogP contribution in [0.15, 0.2) is 4.99 Å². The van der Waals surface area contributed by atoms with Gasteiger partial charge in [0.25, 0.3) is 0 Å². The fraction of sp³-hybridized carbons (Fsp3) is 0.889. The first kappa shape index (κ1) is 9.68. The summed E-state index contributed by atoms with van der Waals surface area (Å²) in [5.74, 6) is 0. The van der Waals surface area contributed by atoms with E-state index in [1.54, 1.807) is 0 Å². The maximum atomic E-state index is 4.00. The molecule has 0 N–H and O–H groups in total. The van der Waals surface area contributed by atoms with Gasteiger partial charge in [-0.05, 0) is 14.0 Å². The minimum atomic E-state index is 0.668. The second-order valence-electron chi connectivity index (χ2n) is 3.55. The molecule has 3 heteroatoms. The summed E-state index contributed by atoms with van der Waals surface area (Å²) in [4.78, 5) is 8.85. The zero-order valence-corrected chi connectivity index (χ0v) is 8.32. The Bertz CT molecular complexity index is 156. The van der Waals surface area contributed by atoms with Crippen LogP contribution in [0.1, 0.15) is 6.92 Å². The molecule has 0 aromatic rings. The summed E-state index contributed by atoms with van der Waals surface area (Å²) in [6.45, 7) is 6.81. The van der Waals surface area contributed by atoms with Gasteiger partial charge in [0, 0.05) is 45.5 Å². The third-order valence-electron chi connectivity index (χ3n) is 2.47. The van der Waals surface area contributed by atoms with Crippen LogP contribution in [0.25, 0.3) is 0 Å². The average molecular weight is 169 g/mol. The lowest BCUT2D eigenvalue weighted by Crippen LogP contribution is -2.50. The van der Waals surface area contributed by atoms with Gasteiger partial charge in [-0.15, -0.1) is 0 Å². The zero-order chi connectivity index (χ0) is 8.97. The van der Waals surface area contributed by atoms with Crippen LogP contribution in [0.4, 0.5) is 0 Å². The standard InChI is InChI=1S/C9H19N3/c1-9-8-11(3)6-7-12(9)5-4-10-2/h4,9H,5-8H2,1-3H3. The van der Waals surface area contributed by atoms with Gasteiger partial charge >= 0.3 is 0 Å². The molecule has 1 aliphatic heterocycles. The van der Waals surface area contributed by atoms with Crippen LogP contribution in [0.5, 0.6) is 0 Å². The van der Waals surface area contributed by atoms with Crippen LogP contribution in [0.3, 0.4) is 0 Å². The van der Waals surface area contributed by atoms with Crippen LogP contribution >= 0.6 is 0 Å². The van der Waals surface area contributed by atoms with Crippen LogP contribution < -0.4 is 0 Å². The van der Waals surface area contributed by atoms with E-state index in [1.807, 2.05) is 13.3 Å². The Labute approximate surface area is 75.1 Å². The highest BCUT2D eigenvalue weighted by molar-refractivity contribution is 5.59. The second-order valence-corrected chi connectivity index (χ2v) is 3.55. The molecule has 1 heterocycles. The Hall–Kier alpha value is -0.410. The van der Waals surface area contributed by atoms with Gasteiger partial charge in [0.1, 0.15) is 0 Å². The maximum absolute atomic E-state index is 4.00. The summed E-state index contributed by atoms with van der Waals surface area (Å²) in [6.07, 6.45) is 1.99. The SMILES string of the molecule is CN=CCN1CCN(C)CC1C. The van der Waals surface area contributed by atoms with Crippen molar-refractivity contribution in [3.05, 3.63) is 0 Å². The van der Waals surface area contributed by atoms with Crippen molar-refractivity contribution in [3.8, 4) is 0 Å². The van der Waals surface area contributed by atoms with E-state index in [1.165, 1.54) is 19.6 Å². The number of piperazine rings is 1. The van der Waals surface area contributed by atoms with Crippen LogP contribution in [0, 0.1) is 0 Å². The summed E-state index contributed by atoms with van der Waals surface area (Å²) >= 11 is 0. The second kappa shape index (κ2) is 4.58. The van der Waals surface area contributed by atoms with Crippen molar-refractivity contribution in [1.82, 2.24) is 9.80 Å². The number of hydrogen-bond donors (Lipinski definition) is 0. The van der Waals surface area contributed by atoms with Gasteiger partial charge < -0.3 is 4.90 Å². The van der Waals surface area contributed by atoms with Crippen molar-refractivity contribution in [2.75, 3.05) is 40.3 Å². The molecule has 3 nitrogen and oxygen atoms in total. The largest absolute Gasteiger partial charge is 0.304 e. The highest BCUT2D eigenvalue weighted by atomic mass is 15.3. The predicted molar refractivity (Wildman–Crippen MR) is 52.9 cm³/mol. The van der Waals surface area contributed by atoms with Gasteiger partial charge in [-0.3, -0.25) is 9.89 Å². The molecule has 0 amide bonds. The number of aliphatic imine (C=N–C) groups is 1. The molecule has 70 valence electrons. The van der Waals surface area contributed by atoms with Crippen LogP contribution in [-0.2, 0) is 0 Å². The lowest BCUT2D eigenvalue weighted by atomic mass is 10.2. The first-order valence-electron chi connectivity index (χ1n) is 4.57. The normalized spacial score (nSPS) is 28.4. The third-order valence-corrected chi connectivity index (χ3v) is 2.47. The maximum Gasteiger partial charge on any atom is 0.0336 e. The van der Waals surface area contributed by atoms with Crippen LogP contribution in [0.2, 0.25) is 0 Å².